The highest BCUT2D eigenvalue weighted by Crippen LogP contribution is 2.34. The molecule has 0 saturated heterocycles. The fraction of sp³-hybridized carbons (Fsp3) is 0.294. The first kappa shape index (κ1) is 16.6. The van der Waals surface area contributed by atoms with Crippen LogP contribution in [0.4, 0.5) is 4.39 Å². The number of aryl methyl sites for hydroxylation is 1. The topological polar surface area (TPSA) is 0 Å². The Balaban J connectivity index is 2.45. The van der Waals surface area contributed by atoms with Crippen molar-refractivity contribution in [2.75, 3.05) is 11.8 Å². The molecule has 0 spiro atoms. The van der Waals surface area contributed by atoms with Crippen LogP contribution >= 0.6 is 34.8 Å². The summed E-state index contributed by atoms with van der Waals surface area (Å²) in [7, 11) is 0. The smallest absolute Gasteiger partial charge is 0.123 e. The van der Waals surface area contributed by atoms with E-state index in [-0.39, 0.29) is 5.82 Å². The Kier molecular flexibility index (Phi) is 5.54. The van der Waals surface area contributed by atoms with E-state index in [9.17, 15) is 4.39 Å². The highest BCUT2D eigenvalue weighted by atomic mass is 35.5. The summed E-state index contributed by atoms with van der Waals surface area (Å²) in [5, 5.41) is 0.642. The monoisotopic (exact) mass is 344 g/mol. The Bertz CT molecular complexity index is 621. The van der Waals surface area contributed by atoms with Gasteiger partial charge in [-0.3, -0.25) is 0 Å². The molecule has 0 N–H and O–H groups in total. The van der Waals surface area contributed by atoms with Gasteiger partial charge in [0.25, 0.3) is 0 Å². The molecule has 0 aromatic heterocycles. The van der Waals surface area contributed by atoms with Crippen molar-refractivity contribution in [3.05, 3.63) is 70.0 Å². The Morgan fingerprint density at radius 2 is 1.76 bits per heavy atom. The number of benzene rings is 2. The van der Waals surface area contributed by atoms with Gasteiger partial charge in [0.1, 0.15) is 5.82 Å². The molecule has 0 heterocycles. The van der Waals surface area contributed by atoms with Gasteiger partial charge in [0.15, 0.2) is 0 Å². The Morgan fingerprint density at radius 3 is 2.38 bits per heavy atom. The lowest BCUT2D eigenvalue weighted by Gasteiger charge is -2.31. The van der Waals surface area contributed by atoms with E-state index < -0.39 is 5.41 Å². The van der Waals surface area contributed by atoms with Gasteiger partial charge >= 0.3 is 0 Å². The predicted molar refractivity (Wildman–Crippen MR) is 89.4 cm³/mol. The number of rotatable bonds is 5. The standard InChI is InChI=1S/C17H16Cl3F/c1-12-5-6-16(21)7-13(12)9-17(10-18,11-19)14-3-2-4-15(20)8-14/h2-8H,9-11H2,1H3. The maximum absolute atomic E-state index is 13.5. The van der Waals surface area contributed by atoms with E-state index >= 15 is 0 Å². The molecule has 0 nitrogen and oxygen atoms in total. The fourth-order valence-electron chi connectivity index (χ4n) is 2.40. The molecule has 112 valence electrons. The van der Waals surface area contributed by atoms with E-state index in [1.807, 2.05) is 31.2 Å². The van der Waals surface area contributed by atoms with Crippen molar-refractivity contribution >= 4 is 34.8 Å². The van der Waals surface area contributed by atoms with Gasteiger partial charge in [-0.05, 0) is 54.3 Å². The minimum absolute atomic E-state index is 0.250. The first-order chi connectivity index (χ1) is 10.0. The molecule has 0 radical (unpaired) electrons. The lowest BCUT2D eigenvalue weighted by molar-refractivity contribution is 0.531. The van der Waals surface area contributed by atoms with E-state index in [0.717, 1.165) is 16.7 Å². The molecule has 4 heteroatoms. The quantitative estimate of drug-likeness (QED) is 0.606. The molecular formula is C17H16Cl3F. The summed E-state index contributed by atoms with van der Waals surface area (Å²) in [5.74, 6) is 0.430. The number of alkyl halides is 2. The van der Waals surface area contributed by atoms with Crippen LogP contribution in [0.2, 0.25) is 5.02 Å². The zero-order valence-electron chi connectivity index (χ0n) is 11.7. The third-order valence-electron chi connectivity index (χ3n) is 3.79. The number of halogens is 4. The van der Waals surface area contributed by atoms with Gasteiger partial charge < -0.3 is 0 Å². The average Bonchev–Trinajstić information content (AvgIpc) is 2.48. The van der Waals surface area contributed by atoms with Crippen LogP contribution in [-0.2, 0) is 11.8 Å². The molecule has 0 amide bonds. The third-order valence-corrected chi connectivity index (χ3v) is 5.05. The van der Waals surface area contributed by atoms with Crippen molar-refractivity contribution in [3.8, 4) is 0 Å². The summed E-state index contributed by atoms with van der Waals surface area (Å²) < 4.78 is 13.5. The Hall–Kier alpha value is -0.760. The first-order valence-corrected chi connectivity index (χ1v) is 8.08. The molecule has 0 bridgehead atoms. The van der Waals surface area contributed by atoms with Crippen molar-refractivity contribution in [1.29, 1.82) is 0 Å². The van der Waals surface area contributed by atoms with Crippen molar-refractivity contribution in [1.82, 2.24) is 0 Å². The molecule has 0 saturated carbocycles. The Morgan fingerprint density at radius 1 is 1.05 bits per heavy atom. The maximum atomic E-state index is 13.5. The van der Waals surface area contributed by atoms with Crippen LogP contribution in [-0.4, -0.2) is 11.8 Å². The van der Waals surface area contributed by atoms with E-state index in [1.165, 1.54) is 6.07 Å². The molecule has 0 fully saturated rings. The molecule has 0 unspecified atom stereocenters. The van der Waals surface area contributed by atoms with Gasteiger partial charge in [-0.15, -0.1) is 23.2 Å². The molecule has 0 aliphatic heterocycles. The molecule has 2 aromatic carbocycles. The Labute approximate surface area is 139 Å². The maximum Gasteiger partial charge on any atom is 0.123 e. The summed E-state index contributed by atoms with van der Waals surface area (Å²) in [6, 6.07) is 12.3. The lowest BCUT2D eigenvalue weighted by atomic mass is 9.78. The second-order valence-corrected chi connectivity index (χ2v) is 6.28. The summed E-state index contributed by atoms with van der Waals surface area (Å²) >= 11 is 18.5. The summed E-state index contributed by atoms with van der Waals surface area (Å²) in [5.41, 5.74) is 2.45. The van der Waals surface area contributed by atoms with Gasteiger partial charge in [-0.2, -0.15) is 0 Å². The zero-order chi connectivity index (χ0) is 15.5. The zero-order valence-corrected chi connectivity index (χ0v) is 13.9. The predicted octanol–water partition coefficient (Wildman–Crippen LogP) is 5.75. The van der Waals surface area contributed by atoms with Crippen LogP contribution in [0.3, 0.4) is 0 Å². The second-order valence-electron chi connectivity index (χ2n) is 5.31. The van der Waals surface area contributed by atoms with Crippen LogP contribution in [0.15, 0.2) is 42.5 Å². The molecule has 0 aliphatic rings. The first-order valence-electron chi connectivity index (χ1n) is 6.64. The van der Waals surface area contributed by atoms with Crippen molar-refractivity contribution in [3.63, 3.8) is 0 Å². The van der Waals surface area contributed by atoms with E-state index in [2.05, 4.69) is 0 Å². The summed E-state index contributed by atoms with van der Waals surface area (Å²) in [6.45, 7) is 1.96. The van der Waals surface area contributed by atoms with Crippen LogP contribution in [0.1, 0.15) is 16.7 Å². The van der Waals surface area contributed by atoms with Gasteiger partial charge in [-0.25, -0.2) is 4.39 Å². The highest BCUT2D eigenvalue weighted by Gasteiger charge is 2.31. The summed E-state index contributed by atoms with van der Waals surface area (Å²) in [4.78, 5) is 0. The third kappa shape index (κ3) is 3.71. The largest absolute Gasteiger partial charge is 0.207 e. The highest BCUT2D eigenvalue weighted by molar-refractivity contribution is 6.30. The normalized spacial score (nSPS) is 11.7. The molecule has 0 atom stereocenters. The summed E-state index contributed by atoms with van der Waals surface area (Å²) in [6.07, 6.45) is 0.573. The van der Waals surface area contributed by atoms with E-state index in [4.69, 9.17) is 34.8 Å². The second kappa shape index (κ2) is 7.00. The van der Waals surface area contributed by atoms with Crippen LogP contribution in [0.5, 0.6) is 0 Å². The number of hydrogen-bond acceptors (Lipinski definition) is 0. The van der Waals surface area contributed by atoms with Crippen LogP contribution in [0, 0.1) is 12.7 Å². The van der Waals surface area contributed by atoms with E-state index in [1.54, 1.807) is 12.1 Å². The van der Waals surface area contributed by atoms with Crippen molar-refractivity contribution in [2.24, 2.45) is 0 Å². The molecule has 0 aliphatic carbocycles. The number of hydrogen-bond donors (Lipinski definition) is 0. The van der Waals surface area contributed by atoms with Crippen molar-refractivity contribution in [2.45, 2.75) is 18.8 Å². The van der Waals surface area contributed by atoms with E-state index in [0.29, 0.717) is 23.2 Å². The van der Waals surface area contributed by atoms with Gasteiger partial charge in [0, 0.05) is 22.2 Å². The SMILES string of the molecule is Cc1ccc(F)cc1CC(CCl)(CCl)c1cccc(Cl)c1. The lowest BCUT2D eigenvalue weighted by Crippen LogP contribution is -2.33. The van der Waals surface area contributed by atoms with Gasteiger partial charge in [0.2, 0.25) is 0 Å². The van der Waals surface area contributed by atoms with Crippen LogP contribution in [0.25, 0.3) is 0 Å². The minimum Gasteiger partial charge on any atom is -0.207 e. The fourth-order valence-corrected chi connectivity index (χ4v) is 3.37. The molecular weight excluding hydrogens is 330 g/mol. The van der Waals surface area contributed by atoms with Gasteiger partial charge in [-0.1, -0.05) is 29.8 Å². The average molecular weight is 346 g/mol. The van der Waals surface area contributed by atoms with Crippen molar-refractivity contribution < 1.29 is 4.39 Å². The molecule has 2 aromatic rings. The van der Waals surface area contributed by atoms with Crippen LogP contribution < -0.4 is 0 Å². The van der Waals surface area contributed by atoms with Gasteiger partial charge in [0.05, 0.1) is 0 Å². The minimum atomic E-state index is -0.466. The molecule has 2 rings (SSSR count). The molecule has 21 heavy (non-hydrogen) atoms.